The van der Waals surface area contributed by atoms with Crippen LogP contribution in [0.25, 0.3) is 0 Å². The fraction of sp³-hybridized carbons (Fsp3) is 0.429. The molecule has 0 bridgehead atoms. The summed E-state index contributed by atoms with van der Waals surface area (Å²) in [4.78, 5) is 12.4. The number of para-hydroxylation sites is 1. The zero-order valence-corrected chi connectivity index (χ0v) is 10.6. The van der Waals surface area contributed by atoms with Gasteiger partial charge in [0.2, 0.25) is 6.41 Å². The molecule has 1 aliphatic rings. The number of piperidine rings is 1. The summed E-state index contributed by atoms with van der Waals surface area (Å²) in [5, 5.41) is 8.30. The fourth-order valence-electron chi connectivity index (χ4n) is 2.43. The van der Waals surface area contributed by atoms with E-state index < -0.39 is 0 Å². The van der Waals surface area contributed by atoms with Crippen LogP contribution in [0.2, 0.25) is 0 Å². The maximum atomic E-state index is 10.7. The van der Waals surface area contributed by atoms with E-state index in [0.29, 0.717) is 11.4 Å². The Kier molecular flexibility index (Phi) is 3.65. The van der Waals surface area contributed by atoms with Crippen molar-refractivity contribution in [2.45, 2.75) is 19.8 Å². The SMILES string of the molecule is Cc1cccc(C(=N)C2CCN(C=O)CC2)c1N. The minimum atomic E-state index is 0.213. The molecular weight excluding hydrogens is 226 g/mol. The zero-order chi connectivity index (χ0) is 13.1. The van der Waals surface area contributed by atoms with E-state index in [-0.39, 0.29) is 5.92 Å². The Morgan fingerprint density at radius 2 is 2.11 bits per heavy atom. The maximum Gasteiger partial charge on any atom is 0.209 e. The summed E-state index contributed by atoms with van der Waals surface area (Å²) in [7, 11) is 0. The van der Waals surface area contributed by atoms with Crippen molar-refractivity contribution in [2.24, 2.45) is 5.92 Å². The lowest BCUT2D eigenvalue weighted by molar-refractivity contribution is -0.119. The Labute approximate surface area is 107 Å². The molecule has 1 aromatic rings. The van der Waals surface area contributed by atoms with Gasteiger partial charge in [-0.15, -0.1) is 0 Å². The van der Waals surface area contributed by atoms with Gasteiger partial charge in [-0.1, -0.05) is 18.2 Å². The number of rotatable bonds is 3. The number of hydrogen-bond donors (Lipinski definition) is 2. The molecule has 1 amide bonds. The molecule has 1 aromatic carbocycles. The molecule has 1 fully saturated rings. The molecule has 0 spiro atoms. The van der Waals surface area contributed by atoms with E-state index in [9.17, 15) is 4.79 Å². The smallest absolute Gasteiger partial charge is 0.209 e. The Balaban J connectivity index is 2.12. The summed E-state index contributed by atoms with van der Waals surface area (Å²) in [6.45, 7) is 3.44. The number of carbonyl (C=O) groups excluding carboxylic acids is 1. The summed E-state index contributed by atoms with van der Waals surface area (Å²) >= 11 is 0. The van der Waals surface area contributed by atoms with Crippen LogP contribution in [0.4, 0.5) is 5.69 Å². The van der Waals surface area contributed by atoms with Crippen LogP contribution in [0.5, 0.6) is 0 Å². The molecule has 0 radical (unpaired) electrons. The average Bonchev–Trinajstić information content (AvgIpc) is 2.41. The quantitative estimate of drug-likeness (QED) is 0.484. The molecule has 4 heteroatoms. The number of nitrogens with two attached hydrogens (primary N) is 1. The monoisotopic (exact) mass is 245 g/mol. The number of anilines is 1. The van der Waals surface area contributed by atoms with Crippen LogP contribution in [0.1, 0.15) is 24.0 Å². The average molecular weight is 245 g/mol. The van der Waals surface area contributed by atoms with Crippen LogP contribution >= 0.6 is 0 Å². The molecule has 0 unspecified atom stereocenters. The number of aryl methyl sites for hydroxylation is 1. The van der Waals surface area contributed by atoms with Crippen molar-refractivity contribution in [3.8, 4) is 0 Å². The van der Waals surface area contributed by atoms with Crippen LogP contribution in [0, 0.1) is 18.3 Å². The summed E-state index contributed by atoms with van der Waals surface area (Å²) in [6, 6.07) is 5.81. The van der Waals surface area contributed by atoms with Crippen molar-refractivity contribution >= 4 is 17.8 Å². The molecule has 0 aromatic heterocycles. The molecule has 18 heavy (non-hydrogen) atoms. The molecule has 96 valence electrons. The van der Waals surface area contributed by atoms with E-state index in [1.54, 1.807) is 4.90 Å². The Bertz CT molecular complexity index is 462. The van der Waals surface area contributed by atoms with Gasteiger partial charge in [0.1, 0.15) is 0 Å². The van der Waals surface area contributed by atoms with E-state index in [1.165, 1.54) is 0 Å². The molecule has 0 aliphatic carbocycles. The number of nitrogens with zero attached hydrogens (tertiary/aromatic N) is 1. The highest BCUT2D eigenvalue weighted by Crippen LogP contribution is 2.25. The van der Waals surface area contributed by atoms with Gasteiger partial charge < -0.3 is 16.0 Å². The van der Waals surface area contributed by atoms with Gasteiger partial charge in [-0.3, -0.25) is 4.79 Å². The molecule has 0 atom stereocenters. The number of nitrogen functional groups attached to an aromatic ring is 1. The van der Waals surface area contributed by atoms with Crippen LogP contribution in [-0.4, -0.2) is 30.1 Å². The molecule has 2 rings (SSSR count). The number of likely N-dealkylation sites (tertiary alicyclic amines) is 1. The summed E-state index contributed by atoms with van der Waals surface area (Å²) in [6.07, 6.45) is 2.59. The van der Waals surface area contributed by atoms with Crippen molar-refractivity contribution in [2.75, 3.05) is 18.8 Å². The number of carbonyl (C=O) groups is 1. The minimum absolute atomic E-state index is 0.213. The Morgan fingerprint density at radius 1 is 1.44 bits per heavy atom. The van der Waals surface area contributed by atoms with E-state index in [0.717, 1.165) is 43.5 Å². The van der Waals surface area contributed by atoms with Crippen LogP contribution in [0.15, 0.2) is 18.2 Å². The van der Waals surface area contributed by atoms with Gasteiger partial charge in [-0.05, 0) is 25.3 Å². The third-order valence-electron chi connectivity index (χ3n) is 3.70. The normalized spacial score (nSPS) is 16.6. The Morgan fingerprint density at radius 3 is 2.72 bits per heavy atom. The first kappa shape index (κ1) is 12.6. The summed E-state index contributed by atoms with van der Waals surface area (Å²) < 4.78 is 0. The summed E-state index contributed by atoms with van der Waals surface area (Å²) in [5.41, 5.74) is 9.22. The largest absolute Gasteiger partial charge is 0.398 e. The predicted octanol–water partition coefficient (Wildman–Crippen LogP) is 1.81. The number of benzene rings is 1. The molecule has 1 aliphatic heterocycles. The number of hydrogen-bond acceptors (Lipinski definition) is 3. The minimum Gasteiger partial charge on any atom is -0.398 e. The zero-order valence-electron chi connectivity index (χ0n) is 10.6. The highest BCUT2D eigenvalue weighted by atomic mass is 16.1. The summed E-state index contributed by atoms with van der Waals surface area (Å²) in [5.74, 6) is 0.213. The first-order chi connectivity index (χ1) is 8.63. The van der Waals surface area contributed by atoms with Crippen molar-refractivity contribution in [1.82, 2.24) is 4.90 Å². The van der Waals surface area contributed by atoms with Crippen molar-refractivity contribution < 1.29 is 4.79 Å². The highest BCUT2D eigenvalue weighted by molar-refractivity contribution is 6.04. The molecule has 1 saturated heterocycles. The Hall–Kier alpha value is -1.84. The van der Waals surface area contributed by atoms with Crippen LogP contribution < -0.4 is 5.73 Å². The number of amides is 1. The highest BCUT2D eigenvalue weighted by Gasteiger charge is 2.23. The first-order valence-electron chi connectivity index (χ1n) is 6.26. The van der Waals surface area contributed by atoms with E-state index in [1.807, 2.05) is 25.1 Å². The van der Waals surface area contributed by atoms with Gasteiger partial charge in [0.25, 0.3) is 0 Å². The lowest BCUT2D eigenvalue weighted by Gasteiger charge is -2.30. The molecule has 0 saturated carbocycles. The third-order valence-corrected chi connectivity index (χ3v) is 3.70. The van der Waals surface area contributed by atoms with Gasteiger partial charge in [-0.2, -0.15) is 0 Å². The molecule has 1 heterocycles. The van der Waals surface area contributed by atoms with E-state index in [4.69, 9.17) is 11.1 Å². The van der Waals surface area contributed by atoms with Gasteiger partial charge in [0, 0.05) is 36.0 Å². The second kappa shape index (κ2) is 5.21. The van der Waals surface area contributed by atoms with Gasteiger partial charge in [-0.25, -0.2) is 0 Å². The van der Waals surface area contributed by atoms with E-state index >= 15 is 0 Å². The van der Waals surface area contributed by atoms with Crippen LogP contribution in [0.3, 0.4) is 0 Å². The first-order valence-corrected chi connectivity index (χ1v) is 6.26. The topological polar surface area (TPSA) is 70.2 Å². The van der Waals surface area contributed by atoms with Gasteiger partial charge in [0.15, 0.2) is 0 Å². The lowest BCUT2D eigenvalue weighted by atomic mass is 9.87. The fourth-order valence-corrected chi connectivity index (χ4v) is 2.43. The molecule has 3 N–H and O–H groups in total. The van der Waals surface area contributed by atoms with Gasteiger partial charge >= 0.3 is 0 Å². The lowest BCUT2D eigenvalue weighted by Crippen LogP contribution is -2.35. The van der Waals surface area contributed by atoms with E-state index in [2.05, 4.69) is 0 Å². The van der Waals surface area contributed by atoms with Crippen LogP contribution in [-0.2, 0) is 4.79 Å². The van der Waals surface area contributed by atoms with Crippen molar-refractivity contribution in [3.05, 3.63) is 29.3 Å². The van der Waals surface area contributed by atoms with Crippen molar-refractivity contribution in [3.63, 3.8) is 0 Å². The molecule has 4 nitrogen and oxygen atoms in total. The third kappa shape index (κ3) is 2.37. The molecular formula is C14H19N3O. The maximum absolute atomic E-state index is 10.7. The number of nitrogens with one attached hydrogen (secondary N) is 1. The second-order valence-corrected chi connectivity index (χ2v) is 4.87. The standard InChI is InChI=1S/C14H19N3O/c1-10-3-2-4-12(13(10)15)14(16)11-5-7-17(9-18)8-6-11/h2-4,9,11,16H,5-8,15H2,1H3. The predicted molar refractivity (Wildman–Crippen MR) is 72.8 cm³/mol. The van der Waals surface area contributed by atoms with Crippen molar-refractivity contribution in [1.29, 1.82) is 5.41 Å². The second-order valence-electron chi connectivity index (χ2n) is 4.87. The van der Waals surface area contributed by atoms with Gasteiger partial charge in [0.05, 0.1) is 0 Å².